The molecule has 1 aromatic heterocycles. The highest BCUT2D eigenvalue weighted by atomic mass is 16.5. The molecule has 0 radical (unpaired) electrons. The van der Waals surface area contributed by atoms with Gasteiger partial charge in [0.15, 0.2) is 0 Å². The second-order valence-corrected chi connectivity index (χ2v) is 6.15. The van der Waals surface area contributed by atoms with E-state index in [2.05, 4.69) is 10.00 Å². The number of ether oxygens (including phenoxy) is 1. The van der Waals surface area contributed by atoms with Crippen LogP contribution in [0.3, 0.4) is 0 Å². The lowest BCUT2D eigenvalue weighted by atomic mass is 9.92. The van der Waals surface area contributed by atoms with E-state index in [1.54, 1.807) is 10.7 Å². The van der Waals surface area contributed by atoms with Gasteiger partial charge in [-0.2, -0.15) is 5.10 Å². The monoisotopic (exact) mass is 281 g/mol. The molecule has 1 aliphatic heterocycles. The van der Waals surface area contributed by atoms with Crippen molar-refractivity contribution in [1.29, 1.82) is 0 Å². The first-order chi connectivity index (χ1) is 9.38. The van der Waals surface area contributed by atoms with Crippen LogP contribution in [-0.4, -0.2) is 58.6 Å². The van der Waals surface area contributed by atoms with Crippen molar-refractivity contribution in [2.75, 3.05) is 32.8 Å². The molecule has 0 saturated carbocycles. The van der Waals surface area contributed by atoms with Crippen LogP contribution in [0.4, 0.5) is 0 Å². The molecule has 6 nitrogen and oxygen atoms in total. The Labute approximate surface area is 119 Å². The molecular weight excluding hydrogens is 258 g/mol. The van der Waals surface area contributed by atoms with Gasteiger partial charge in [0.25, 0.3) is 0 Å². The molecule has 20 heavy (non-hydrogen) atoms. The number of morpholine rings is 1. The van der Waals surface area contributed by atoms with Crippen molar-refractivity contribution in [3.8, 4) is 0 Å². The molecule has 0 atom stereocenters. The van der Waals surface area contributed by atoms with Crippen molar-refractivity contribution in [2.45, 2.75) is 32.7 Å². The molecule has 1 aromatic rings. The third-order valence-corrected chi connectivity index (χ3v) is 3.50. The molecule has 0 amide bonds. The minimum atomic E-state index is -0.921. The average Bonchev–Trinajstić information content (AvgIpc) is 2.82. The predicted molar refractivity (Wildman–Crippen MR) is 75.1 cm³/mol. The van der Waals surface area contributed by atoms with Crippen LogP contribution in [-0.2, 0) is 16.7 Å². The van der Waals surface area contributed by atoms with Crippen molar-refractivity contribution < 1.29 is 14.6 Å². The Hall–Kier alpha value is -1.40. The van der Waals surface area contributed by atoms with Gasteiger partial charge in [-0.3, -0.25) is 9.58 Å². The van der Waals surface area contributed by atoms with E-state index in [0.717, 1.165) is 38.5 Å². The van der Waals surface area contributed by atoms with Crippen LogP contribution >= 0.6 is 0 Å². The number of aromatic carboxylic acids is 1. The smallest absolute Gasteiger partial charge is 0.354 e. The molecule has 1 saturated heterocycles. The van der Waals surface area contributed by atoms with Gasteiger partial charge in [0.1, 0.15) is 5.69 Å². The van der Waals surface area contributed by atoms with Crippen molar-refractivity contribution in [3.05, 3.63) is 17.5 Å². The molecule has 2 heterocycles. The van der Waals surface area contributed by atoms with Gasteiger partial charge >= 0.3 is 5.97 Å². The standard InChI is InChI=1S/C14H23N3O3/c1-14(2,3)12-10-11(13(18)19)17(15-12)5-4-16-6-8-20-9-7-16/h10H,4-9H2,1-3H3,(H,18,19). The zero-order chi connectivity index (χ0) is 14.8. The fourth-order valence-corrected chi connectivity index (χ4v) is 2.19. The van der Waals surface area contributed by atoms with Crippen LogP contribution < -0.4 is 0 Å². The van der Waals surface area contributed by atoms with E-state index in [0.29, 0.717) is 6.54 Å². The second kappa shape index (κ2) is 5.93. The highest BCUT2D eigenvalue weighted by Gasteiger charge is 2.23. The lowest BCUT2D eigenvalue weighted by Gasteiger charge is -2.26. The summed E-state index contributed by atoms with van der Waals surface area (Å²) in [7, 11) is 0. The quantitative estimate of drug-likeness (QED) is 0.898. The van der Waals surface area contributed by atoms with Crippen molar-refractivity contribution in [1.82, 2.24) is 14.7 Å². The van der Waals surface area contributed by atoms with Gasteiger partial charge in [0.05, 0.1) is 25.5 Å². The van der Waals surface area contributed by atoms with E-state index in [1.807, 2.05) is 20.8 Å². The Kier molecular flexibility index (Phi) is 4.45. The number of nitrogens with zero attached hydrogens (tertiary/aromatic N) is 3. The highest BCUT2D eigenvalue weighted by molar-refractivity contribution is 5.85. The number of hydrogen-bond acceptors (Lipinski definition) is 4. The zero-order valence-electron chi connectivity index (χ0n) is 12.4. The van der Waals surface area contributed by atoms with Gasteiger partial charge in [0.2, 0.25) is 0 Å². The largest absolute Gasteiger partial charge is 0.477 e. The molecule has 6 heteroatoms. The molecule has 0 bridgehead atoms. The summed E-state index contributed by atoms with van der Waals surface area (Å²) in [6.07, 6.45) is 0. The lowest BCUT2D eigenvalue weighted by Crippen LogP contribution is -2.38. The molecule has 1 aliphatic rings. The molecule has 0 aliphatic carbocycles. The van der Waals surface area contributed by atoms with Crippen LogP contribution in [0.25, 0.3) is 0 Å². The lowest BCUT2D eigenvalue weighted by molar-refractivity contribution is 0.0356. The fourth-order valence-electron chi connectivity index (χ4n) is 2.19. The number of rotatable bonds is 4. The first-order valence-electron chi connectivity index (χ1n) is 6.99. The van der Waals surface area contributed by atoms with E-state index >= 15 is 0 Å². The van der Waals surface area contributed by atoms with Crippen molar-refractivity contribution in [3.63, 3.8) is 0 Å². The molecule has 2 rings (SSSR count). The summed E-state index contributed by atoms with van der Waals surface area (Å²) in [6.45, 7) is 10.8. The van der Waals surface area contributed by atoms with E-state index in [-0.39, 0.29) is 11.1 Å². The van der Waals surface area contributed by atoms with E-state index in [9.17, 15) is 9.90 Å². The summed E-state index contributed by atoms with van der Waals surface area (Å²) in [5.74, 6) is -0.921. The van der Waals surface area contributed by atoms with Gasteiger partial charge in [-0.25, -0.2) is 4.79 Å². The molecule has 1 fully saturated rings. The molecule has 112 valence electrons. The molecule has 0 spiro atoms. The fraction of sp³-hybridized carbons (Fsp3) is 0.714. The number of carboxylic acids is 1. The first kappa shape index (κ1) is 15.0. The van der Waals surface area contributed by atoms with Gasteiger partial charge in [0, 0.05) is 25.0 Å². The van der Waals surface area contributed by atoms with Gasteiger partial charge in [-0.05, 0) is 6.07 Å². The Morgan fingerprint density at radius 2 is 2.00 bits per heavy atom. The minimum absolute atomic E-state index is 0.144. The van der Waals surface area contributed by atoms with Crippen LogP contribution in [0.5, 0.6) is 0 Å². The van der Waals surface area contributed by atoms with Crippen molar-refractivity contribution in [2.24, 2.45) is 0 Å². The van der Waals surface area contributed by atoms with Crippen LogP contribution in [0, 0.1) is 0 Å². The van der Waals surface area contributed by atoms with Crippen LogP contribution in [0.1, 0.15) is 37.0 Å². The van der Waals surface area contributed by atoms with Crippen molar-refractivity contribution >= 4 is 5.97 Å². The highest BCUT2D eigenvalue weighted by Crippen LogP contribution is 2.21. The van der Waals surface area contributed by atoms with Gasteiger partial charge in [-0.1, -0.05) is 20.8 Å². The molecular formula is C14H23N3O3. The van der Waals surface area contributed by atoms with Crippen LogP contribution in [0.2, 0.25) is 0 Å². The first-order valence-corrected chi connectivity index (χ1v) is 6.99. The summed E-state index contributed by atoms with van der Waals surface area (Å²) >= 11 is 0. The second-order valence-electron chi connectivity index (χ2n) is 6.15. The van der Waals surface area contributed by atoms with E-state index in [4.69, 9.17) is 4.74 Å². The molecule has 0 aromatic carbocycles. The molecule has 0 unspecified atom stereocenters. The van der Waals surface area contributed by atoms with Gasteiger partial charge in [-0.15, -0.1) is 0 Å². The van der Waals surface area contributed by atoms with E-state index in [1.165, 1.54) is 0 Å². The normalized spacial score (nSPS) is 17.4. The number of hydrogen-bond donors (Lipinski definition) is 1. The summed E-state index contributed by atoms with van der Waals surface area (Å²) in [5, 5.41) is 13.8. The minimum Gasteiger partial charge on any atom is -0.477 e. The maximum absolute atomic E-state index is 11.3. The summed E-state index contributed by atoms with van der Waals surface area (Å²) in [4.78, 5) is 13.6. The SMILES string of the molecule is CC(C)(C)c1cc(C(=O)O)n(CCN2CCOCC2)n1. The number of aromatic nitrogens is 2. The van der Waals surface area contributed by atoms with E-state index < -0.39 is 5.97 Å². The summed E-state index contributed by atoms with van der Waals surface area (Å²) < 4.78 is 6.91. The third-order valence-electron chi connectivity index (χ3n) is 3.50. The van der Waals surface area contributed by atoms with Crippen LogP contribution in [0.15, 0.2) is 6.07 Å². The predicted octanol–water partition coefficient (Wildman–Crippen LogP) is 1.21. The Balaban J connectivity index is 2.09. The topological polar surface area (TPSA) is 67.6 Å². The molecule has 1 N–H and O–H groups in total. The maximum Gasteiger partial charge on any atom is 0.354 e. The zero-order valence-corrected chi connectivity index (χ0v) is 12.4. The number of carbonyl (C=O) groups is 1. The summed E-state index contributed by atoms with van der Waals surface area (Å²) in [6, 6.07) is 1.68. The number of carboxylic acid groups (broad SMARTS) is 1. The average molecular weight is 281 g/mol. The summed E-state index contributed by atoms with van der Waals surface area (Å²) in [5.41, 5.74) is 0.939. The van der Waals surface area contributed by atoms with Gasteiger partial charge < -0.3 is 9.84 Å². The maximum atomic E-state index is 11.3. The Morgan fingerprint density at radius 3 is 2.55 bits per heavy atom. The Bertz CT molecular complexity index is 470. The third kappa shape index (κ3) is 3.58. The Morgan fingerprint density at radius 1 is 1.35 bits per heavy atom.